The van der Waals surface area contributed by atoms with Gasteiger partial charge < -0.3 is 4.90 Å². The van der Waals surface area contributed by atoms with Crippen LogP contribution in [-0.2, 0) is 4.79 Å². The molecule has 2 aromatic carbocycles. The third kappa shape index (κ3) is 4.08. The Hall–Kier alpha value is -3.35. The smallest absolute Gasteiger partial charge is 0.246 e. The first-order valence-corrected chi connectivity index (χ1v) is 8.31. The number of carbonyl (C=O) groups is 1. The Morgan fingerprint density at radius 1 is 1.15 bits per heavy atom. The average Bonchev–Trinajstić information content (AvgIpc) is 3.21. The first-order valence-electron chi connectivity index (χ1n) is 8.31. The maximum atomic E-state index is 13.7. The van der Waals surface area contributed by atoms with Crippen LogP contribution >= 0.6 is 0 Å². The summed E-state index contributed by atoms with van der Waals surface area (Å²) in [6.07, 6.45) is 5.38. The van der Waals surface area contributed by atoms with Crippen LogP contribution in [0.2, 0.25) is 0 Å². The van der Waals surface area contributed by atoms with Gasteiger partial charge in [0.15, 0.2) is 0 Å². The lowest BCUT2D eigenvalue weighted by Crippen LogP contribution is -2.28. The van der Waals surface area contributed by atoms with Gasteiger partial charge in [0.1, 0.15) is 24.3 Å². The summed E-state index contributed by atoms with van der Waals surface area (Å²) < 4.78 is 28.9. The highest BCUT2D eigenvalue weighted by molar-refractivity contribution is 5.92. The van der Waals surface area contributed by atoms with Gasteiger partial charge in [-0.3, -0.25) is 4.79 Å². The van der Waals surface area contributed by atoms with Gasteiger partial charge in [0.05, 0.1) is 11.7 Å². The number of rotatable bonds is 5. The third-order valence-electron chi connectivity index (χ3n) is 4.38. The van der Waals surface area contributed by atoms with E-state index in [0.29, 0.717) is 0 Å². The molecule has 0 aliphatic rings. The molecule has 0 bridgehead atoms. The molecule has 1 unspecified atom stereocenters. The van der Waals surface area contributed by atoms with Crippen LogP contribution in [0, 0.1) is 11.6 Å². The normalized spacial score (nSPS) is 12.3. The second-order valence-electron chi connectivity index (χ2n) is 6.03. The SMILES string of the molecule is CC(c1ccc(-n2cncn2)cc1)N(C)C(=O)C=Cc1c(F)cccc1F. The molecule has 1 amide bonds. The van der Waals surface area contributed by atoms with Gasteiger partial charge in [-0.15, -0.1) is 0 Å². The van der Waals surface area contributed by atoms with Crippen LogP contribution in [0.4, 0.5) is 8.78 Å². The number of hydrogen-bond acceptors (Lipinski definition) is 3. The third-order valence-corrected chi connectivity index (χ3v) is 4.38. The molecule has 0 fully saturated rings. The molecule has 1 atom stereocenters. The largest absolute Gasteiger partial charge is 0.335 e. The van der Waals surface area contributed by atoms with E-state index < -0.39 is 11.6 Å². The summed E-state index contributed by atoms with van der Waals surface area (Å²) in [5, 5.41) is 4.06. The predicted octanol–water partition coefficient (Wildman–Crippen LogP) is 3.78. The molecule has 0 spiro atoms. The summed E-state index contributed by atoms with van der Waals surface area (Å²) in [6, 6.07) is 10.9. The molecule has 27 heavy (non-hydrogen) atoms. The van der Waals surface area contributed by atoms with Crippen molar-refractivity contribution in [1.29, 1.82) is 0 Å². The topological polar surface area (TPSA) is 51.0 Å². The molecule has 138 valence electrons. The maximum absolute atomic E-state index is 13.7. The predicted molar refractivity (Wildman–Crippen MR) is 97.9 cm³/mol. The average molecular weight is 368 g/mol. The molecular formula is C20H18F2N4O. The zero-order valence-corrected chi connectivity index (χ0v) is 14.9. The standard InChI is InChI=1S/C20H18F2N4O/c1-14(15-6-8-16(9-7-15)26-13-23-12-24-26)25(2)20(27)11-10-17-18(21)4-3-5-19(17)22/h3-14H,1-2H3. The lowest BCUT2D eigenvalue weighted by molar-refractivity contribution is -0.126. The van der Waals surface area contributed by atoms with Crippen LogP contribution < -0.4 is 0 Å². The number of aromatic nitrogens is 3. The van der Waals surface area contributed by atoms with Gasteiger partial charge in [0.25, 0.3) is 0 Å². The summed E-state index contributed by atoms with van der Waals surface area (Å²) in [5.41, 5.74) is 1.54. The molecule has 7 heteroatoms. The lowest BCUT2D eigenvalue weighted by atomic mass is 10.1. The van der Waals surface area contributed by atoms with Crippen LogP contribution in [0.25, 0.3) is 11.8 Å². The Morgan fingerprint density at radius 3 is 2.41 bits per heavy atom. The van der Waals surface area contributed by atoms with Crippen LogP contribution in [0.1, 0.15) is 24.1 Å². The Bertz CT molecular complexity index is 932. The second kappa shape index (κ2) is 7.90. The van der Waals surface area contributed by atoms with Crippen molar-refractivity contribution in [2.24, 2.45) is 0 Å². The highest BCUT2D eigenvalue weighted by Crippen LogP contribution is 2.21. The highest BCUT2D eigenvalue weighted by atomic mass is 19.1. The second-order valence-corrected chi connectivity index (χ2v) is 6.03. The minimum atomic E-state index is -0.710. The minimum Gasteiger partial charge on any atom is -0.335 e. The maximum Gasteiger partial charge on any atom is 0.246 e. The van der Waals surface area contributed by atoms with E-state index in [-0.39, 0.29) is 17.5 Å². The van der Waals surface area contributed by atoms with Gasteiger partial charge in [-0.1, -0.05) is 18.2 Å². The monoisotopic (exact) mass is 368 g/mol. The molecule has 0 saturated heterocycles. The van der Waals surface area contributed by atoms with Crippen molar-refractivity contribution in [2.75, 3.05) is 7.05 Å². The van der Waals surface area contributed by atoms with Crippen LogP contribution in [0.5, 0.6) is 0 Å². The number of hydrogen-bond donors (Lipinski definition) is 0. The summed E-state index contributed by atoms with van der Waals surface area (Å²) in [4.78, 5) is 17.8. The molecule has 0 radical (unpaired) electrons. The first-order chi connectivity index (χ1) is 13.0. The first kappa shape index (κ1) is 18.4. The lowest BCUT2D eigenvalue weighted by Gasteiger charge is -2.24. The molecule has 0 saturated carbocycles. The molecule has 1 heterocycles. The zero-order chi connectivity index (χ0) is 19.4. The molecule has 3 aromatic rings. The van der Waals surface area contributed by atoms with E-state index in [1.165, 1.54) is 23.4 Å². The number of likely N-dealkylation sites (N-methyl/N-ethyl adjacent to an activating group) is 1. The quantitative estimate of drug-likeness (QED) is 0.644. The number of carbonyl (C=O) groups excluding carboxylic acids is 1. The number of nitrogens with zero attached hydrogens (tertiary/aromatic N) is 4. The van der Waals surface area contributed by atoms with Crippen molar-refractivity contribution >= 4 is 12.0 Å². The van der Waals surface area contributed by atoms with Crippen LogP contribution in [-0.4, -0.2) is 32.6 Å². The van der Waals surface area contributed by atoms with Gasteiger partial charge in [-0.25, -0.2) is 18.4 Å². The minimum absolute atomic E-state index is 0.225. The van der Waals surface area contributed by atoms with Crippen molar-refractivity contribution in [3.63, 3.8) is 0 Å². The number of amides is 1. The van der Waals surface area contributed by atoms with Crippen molar-refractivity contribution in [3.8, 4) is 5.69 Å². The van der Waals surface area contributed by atoms with E-state index in [2.05, 4.69) is 10.1 Å². The molecular weight excluding hydrogens is 350 g/mol. The number of benzene rings is 2. The van der Waals surface area contributed by atoms with Crippen LogP contribution in [0.15, 0.2) is 61.2 Å². The van der Waals surface area contributed by atoms with Crippen LogP contribution in [0.3, 0.4) is 0 Å². The molecule has 0 aliphatic heterocycles. The summed E-state index contributed by atoms with van der Waals surface area (Å²) in [6.45, 7) is 1.87. The molecule has 0 N–H and O–H groups in total. The van der Waals surface area contributed by atoms with E-state index in [1.54, 1.807) is 18.1 Å². The van der Waals surface area contributed by atoms with E-state index >= 15 is 0 Å². The van der Waals surface area contributed by atoms with Gasteiger partial charge >= 0.3 is 0 Å². The van der Waals surface area contributed by atoms with Crippen molar-refractivity contribution in [1.82, 2.24) is 19.7 Å². The summed E-state index contributed by atoms with van der Waals surface area (Å²) in [5.74, 6) is -1.78. The number of halogens is 2. The Kier molecular flexibility index (Phi) is 5.40. The molecule has 0 aliphatic carbocycles. The van der Waals surface area contributed by atoms with Crippen molar-refractivity contribution in [3.05, 3.63) is 84.0 Å². The van der Waals surface area contributed by atoms with Crippen molar-refractivity contribution < 1.29 is 13.6 Å². The Morgan fingerprint density at radius 2 is 1.81 bits per heavy atom. The van der Waals surface area contributed by atoms with E-state index in [1.807, 2.05) is 31.2 Å². The molecule has 1 aromatic heterocycles. The zero-order valence-electron chi connectivity index (χ0n) is 14.9. The van der Waals surface area contributed by atoms with E-state index in [4.69, 9.17) is 0 Å². The Balaban J connectivity index is 1.72. The van der Waals surface area contributed by atoms with E-state index in [9.17, 15) is 13.6 Å². The Labute approximate surface area is 155 Å². The fourth-order valence-corrected chi connectivity index (χ4v) is 2.60. The van der Waals surface area contributed by atoms with E-state index in [0.717, 1.165) is 29.5 Å². The molecule has 5 nitrogen and oxygen atoms in total. The molecule has 3 rings (SSSR count). The fourth-order valence-electron chi connectivity index (χ4n) is 2.60. The van der Waals surface area contributed by atoms with Crippen molar-refractivity contribution in [2.45, 2.75) is 13.0 Å². The van der Waals surface area contributed by atoms with Gasteiger partial charge in [-0.2, -0.15) is 5.10 Å². The summed E-state index contributed by atoms with van der Waals surface area (Å²) in [7, 11) is 1.64. The fraction of sp³-hybridized carbons (Fsp3) is 0.150. The van der Waals surface area contributed by atoms with Gasteiger partial charge in [-0.05, 0) is 42.8 Å². The van der Waals surface area contributed by atoms with Gasteiger partial charge in [0.2, 0.25) is 5.91 Å². The highest BCUT2D eigenvalue weighted by Gasteiger charge is 2.16. The van der Waals surface area contributed by atoms with Gasteiger partial charge in [0, 0.05) is 18.7 Å². The summed E-state index contributed by atoms with van der Waals surface area (Å²) >= 11 is 0.